The third-order valence-electron chi connectivity index (χ3n) is 5.10. The van der Waals surface area contributed by atoms with Crippen LogP contribution in [0, 0.1) is 0 Å². The molecular formula is C21H33ClN2O3. The Balaban J connectivity index is 2.15. The molecule has 0 radical (unpaired) electrons. The molecule has 0 atom stereocenters. The van der Waals surface area contributed by atoms with Gasteiger partial charge < -0.3 is 19.3 Å². The fourth-order valence-corrected chi connectivity index (χ4v) is 3.72. The van der Waals surface area contributed by atoms with E-state index < -0.39 is 0 Å². The Morgan fingerprint density at radius 2 is 1.93 bits per heavy atom. The van der Waals surface area contributed by atoms with Gasteiger partial charge in [-0.1, -0.05) is 18.5 Å². The second-order valence-corrected chi connectivity index (χ2v) is 7.75. The minimum absolute atomic E-state index is 0.0251. The van der Waals surface area contributed by atoms with Crippen LogP contribution in [0.1, 0.15) is 57.3 Å². The highest BCUT2D eigenvalue weighted by atomic mass is 35.5. The van der Waals surface area contributed by atoms with E-state index >= 15 is 0 Å². The standard InChI is InChI=1S/C21H33ClN2O3/c1-6-12-27-20-18(22)13-16(14-19(20)26-7-2)21(25)23(5)17-8-10-24(11-9-17)15(3)4/h13-15,17H,6-12H2,1-5H3. The fourth-order valence-electron chi connectivity index (χ4n) is 3.46. The average Bonchev–Trinajstić information content (AvgIpc) is 2.66. The molecule has 152 valence electrons. The Morgan fingerprint density at radius 3 is 2.48 bits per heavy atom. The Kier molecular flexibility index (Phi) is 8.24. The average molecular weight is 397 g/mol. The highest BCUT2D eigenvalue weighted by Gasteiger charge is 2.28. The lowest BCUT2D eigenvalue weighted by atomic mass is 10.0. The number of carbonyl (C=O) groups is 1. The van der Waals surface area contributed by atoms with E-state index in [9.17, 15) is 4.79 Å². The Hall–Kier alpha value is -1.46. The van der Waals surface area contributed by atoms with Crippen molar-refractivity contribution in [1.29, 1.82) is 0 Å². The van der Waals surface area contributed by atoms with Crippen molar-refractivity contribution in [3.05, 3.63) is 22.7 Å². The summed E-state index contributed by atoms with van der Waals surface area (Å²) in [5, 5.41) is 0.417. The van der Waals surface area contributed by atoms with E-state index in [4.69, 9.17) is 21.1 Å². The summed E-state index contributed by atoms with van der Waals surface area (Å²) in [5.74, 6) is 1.03. The second kappa shape index (κ2) is 10.2. The maximum absolute atomic E-state index is 13.1. The van der Waals surface area contributed by atoms with Crippen LogP contribution in [0.4, 0.5) is 0 Å². The van der Waals surface area contributed by atoms with Crippen molar-refractivity contribution in [3.63, 3.8) is 0 Å². The molecule has 1 aliphatic heterocycles. The van der Waals surface area contributed by atoms with Crippen LogP contribution in [-0.2, 0) is 0 Å². The Morgan fingerprint density at radius 1 is 1.26 bits per heavy atom. The van der Waals surface area contributed by atoms with Crippen molar-refractivity contribution >= 4 is 17.5 Å². The SMILES string of the molecule is CCCOc1c(Cl)cc(C(=O)N(C)C2CCN(C(C)C)CC2)cc1OCC. The Labute approximate surface area is 168 Å². The summed E-state index contributed by atoms with van der Waals surface area (Å²) in [6, 6.07) is 4.24. The summed E-state index contributed by atoms with van der Waals surface area (Å²) < 4.78 is 11.4. The number of carbonyl (C=O) groups excluding carboxylic acids is 1. The number of halogens is 1. The number of amides is 1. The van der Waals surface area contributed by atoms with Crippen molar-refractivity contribution in [2.75, 3.05) is 33.4 Å². The molecule has 0 unspecified atom stereocenters. The molecule has 0 aliphatic carbocycles. The number of nitrogens with zero attached hydrogens (tertiary/aromatic N) is 2. The summed E-state index contributed by atoms with van der Waals surface area (Å²) in [5.41, 5.74) is 0.543. The summed E-state index contributed by atoms with van der Waals surface area (Å²) in [7, 11) is 1.88. The predicted octanol–water partition coefficient (Wildman–Crippen LogP) is 4.47. The van der Waals surface area contributed by atoms with Crippen molar-refractivity contribution in [2.24, 2.45) is 0 Å². The van der Waals surface area contributed by atoms with Gasteiger partial charge in [-0.25, -0.2) is 0 Å². The minimum atomic E-state index is -0.0251. The van der Waals surface area contributed by atoms with Gasteiger partial charge in [-0.3, -0.25) is 4.79 Å². The van der Waals surface area contributed by atoms with E-state index in [0.29, 0.717) is 41.3 Å². The van der Waals surface area contributed by atoms with Crippen molar-refractivity contribution in [3.8, 4) is 11.5 Å². The van der Waals surface area contributed by atoms with E-state index in [1.54, 1.807) is 12.1 Å². The predicted molar refractivity (Wildman–Crippen MR) is 110 cm³/mol. The van der Waals surface area contributed by atoms with Crippen molar-refractivity contribution in [1.82, 2.24) is 9.80 Å². The first-order valence-corrected chi connectivity index (χ1v) is 10.4. The maximum atomic E-state index is 13.1. The summed E-state index contributed by atoms with van der Waals surface area (Å²) in [4.78, 5) is 17.4. The zero-order valence-electron chi connectivity index (χ0n) is 17.3. The van der Waals surface area contributed by atoms with E-state index in [1.807, 2.05) is 25.8 Å². The number of piperidine rings is 1. The van der Waals surface area contributed by atoms with Crippen LogP contribution in [0.2, 0.25) is 5.02 Å². The van der Waals surface area contributed by atoms with E-state index in [2.05, 4.69) is 18.7 Å². The lowest BCUT2D eigenvalue weighted by Gasteiger charge is -2.38. The molecule has 1 fully saturated rings. The molecule has 0 spiro atoms. The van der Waals surface area contributed by atoms with Gasteiger partial charge >= 0.3 is 0 Å². The van der Waals surface area contributed by atoms with Crippen LogP contribution in [0.5, 0.6) is 11.5 Å². The number of hydrogen-bond acceptors (Lipinski definition) is 4. The highest BCUT2D eigenvalue weighted by molar-refractivity contribution is 6.32. The van der Waals surface area contributed by atoms with Gasteiger partial charge in [0.2, 0.25) is 0 Å². The zero-order valence-corrected chi connectivity index (χ0v) is 18.0. The molecule has 1 aliphatic rings. The maximum Gasteiger partial charge on any atom is 0.254 e. The molecule has 1 aromatic carbocycles. The molecular weight excluding hydrogens is 364 g/mol. The van der Waals surface area contributed by atoms with Crippen LogP contribution in [0.25, 0.3) is 0 Å². The first-order valence-electron chi connectivity index (χ1n) is 9.99. The van der Waals surface area contributed by atoms with Gasteiger partial charge in [0.25, 0.3) is 5.91 Å². The molecule has 0 bridgehead atoms. The molecule has 0 aromatic heterocycles. The smallest absolute Gasteiger partial charge is 0.254 e. The van der Waals surface area contributed by atoms with Crippen LogP contribution < -0.4 is 9.47 Å². The monoisotopic (exact) mass is 396 g/mol. The van der Waals surface area contributed by atoms with Gasteiger partial charge in [0.1, 0.15) is 0 Å². The van der Waals surface area contributed by atoms with Gasteiger partial charge in [-0.15, -0.1) is 0 Å². The largest absolute Gasteiger partial charge is 0.490 e. The normalized spacial score (nSPS) is 15.8. The third-order valence-corrected chi connectivity index (χ3v) is 5.39. The minimum Gasteiger partial charge on any atom is -0.490 e. The lowest BCUT2D eigenvalue weighted by Crippen LogP contribution is -2.47. The second-order valence-electron chi connectivity index (χ2n) is 7.34. The highest BCUT2D eigenvalue weighted by Crippen LogP contribution is 2.37. The third kappa shape index (κ3) is 5.52. The topological polar surface area (TPSA) is 42.0 Å². The number of likely N-dealkylation sites (tertiary alicyclic amines) is 1. The molecule has 2 rings (SSSR count). The number of benzene rings is 1. The number of rotatable bonds is 8. The van der Waals surface area contributed by atoms with E-state index in [-0.39, 0.29) is 11.9 Å². The summed E-state index contributed by atoms with van der Waals surface area (Å²) >= 11 is 6.41. The molecule has 0 saturated carbocycles. The van der Waals surface area contributed by atoms with Crippen LogP contribution >= 0.6 is 11.6 Å². The zero-order chi connectivity index (χ0) is 20.0. The lowest BCUT2D eigenvalue weighted by molar-refractivity contribution is 0.0615. The van der Waals surface area contributed by atoms with Gasteiger partial charge in [0, 0.05) is 37.8 Å². The van der Waals surface area contributed by atoms with Gasteiger partial charge in [0.15, 0.2) is 11.5 Å². The molecule has 1 heterocycles. The summed E-state index contributed by atoms with van der Waals surface area (Å²) in [6.45, 7) is 11.5. The molecule has 1 aromatic rings. The molecule has 0 N–H and O–H groups in total. The van der Waals surface area contributed by atoms with Gasteiger partial charge in [-0.2, -0.15) is 0 Å². The van der Waals surface area contributed by atoms with Crippen LogP contribution in [0.15, 0.2) is 12.1 Å². The van der Waals surface area contributed by atoms with Crippen LogP contribution in [0.3, 0.4) is 0 Å². The van der Waals surface area contributed by atoms with E-state index in [1.165, 1.54) is 0 Å². The van der Waals surface area contributed by atoms with Gasteiger partial charge in [0.05, 0.1) is 18.2 Å². The first-order chi connectivity index (χ1) is 12.9. The van der Waals surface area contributed by atoms with Crippen molar-refractivity contribution < 1.29 is 14.3 Å². The first kappa shape index (κ1) is 21.8. The molecule has 5 nitrogen and oxygen atoms in total. The Bertz CT molecular complexity index is 628. The fraction of sp³-hybridized carbons (Fsp3) is 0.667. The van der Waals surface area contributed by atoms with Crippen molar-refractivity contribution in [2.45, 2.75) is 59.0 Å². The molecule has 27 heavy (non-hydrogen) atoms. The number of ether oxygens (including phenoxy) is 2. The summed E-state index contributed by atoms with van der Waals surface area (Å²) in [6.07, 6.45) is 2.86. The number of hydrogen-bond donors (Lipinski definition) is 0. The molecule has 1 amide bonds. The molecule has 6 heteroatoms. The quantitative estimate of drug-likeness (QED) is 0.650. The van der Waals surface area contributed by atoms with E-state index in [0.717, 1.165) is 32.4 Å². The van der Waals surface area contributed by atoms with Gasteiger partial charge in [-0.05, 0) is 52.2 Å². The molecule has 1 saturated heterocycles. The van der Waals surface area contributed by atoms with Crippen LogP contribution in [-0.4, -0.2) is 61.1 Å².